The van der Waals surface area contributed by atoms with Gasteiger partial charge in [0, 0.05) is 51.6 Å². The molecule has 0 aromatic carbocycles. The molecule has 1 aliphatic heterocycles. The van der Waals surface area contributed by atoms with Gasteiger partial charge in [-0.15, -0.1) is 15.3 Å². The average molecular weight is 365 g/mol. The molecule has 9 nitrogen and oxygen atoms in total. The van der Waals surface area contributed by atoms with Crippen LogP contribution in [0.15, 0.2) is 24.5 Å². The lowest BCUT2D eigenvalue weighted by atomic mass is 10.0. The molecule has 5 rings (SSSR count). The zero-order valence-electron chi connectivity index (χ0n) is 15.6. The molecule has 0 radical (unpaired) electrons. The number of hydrogen-bond donors (Lipinski definition) is 1. The lowest BCUT2D eigenvalue weighted by molar-refractivity contribution is 0.424. The molecule has 3 aromatic rings. The summed E-state index contributed by atoms with van der Waals surface area (Å²) in [4.78, 5) is 12.8. The Hall–Kier alpha value is -2.97. The third-order valence-electron chi connectivity index (χ3n) is 5.18. The molecular formula is C18H23N9. The molecule has 4 heterocycles. The molecule has 1 saturated heterocycles. The van der Waals surface area contributed by atoms with Gasteiger partial charge in [-0.2, -0.15) is 4.52 Å². The fourth-order valence-electron chi connectivity index (χ4n) is 3.38. The topological polar surface area (TPSA) is 87.4 Å². The van der Waals surface area contributed by atoms with Gasteiger partial charge in [0.1, 0.15) is 23.8 Å². The van der Waals surface area contributed by atoms with Gasteiger partial charge in [0.15, 0.2) is 11.5 Å². The van der Waals surface area contributed by atoms with Crippen LogP contribution in [0.25, 0.3) is 5.65 Å². The Kier molecular flexibility index (Phi) is 3.80. The van der Waals surface area contributed by atoms with Gasteiger partial charge in [0.25, 0.3) is 0 Å². The molecule has 1 saturated carbocycles. The third kappa shape index (κ3) is 3.13. The van der Waals surface area contributed by atoms with Crippen molar-refractivity contribution >= 4 is 23.1 Å². The molecule has 1 aliphatic carbocycles. The van der Waals surface area contributed by atoms with Gasteiger partial charge in [-0.1, -0.05) is 0 Å². The number of anilines is 3. The van der Waals surface area contributed by atoms with Crippen molar-refractivity contribution in [3.8, 4) is 0 Å². The molecule has 9 heteroatoms. The van der Waals surface area contributed by atoms with Crippen molar-refractivity contribution < 1.29 is 0 Å². The average Bonchev–Trinajstić information content (AvgIpc) is 3.40. The summed E-state index contributed by atoms with van der Waals surface area (Å²) in [5, 5.41) is 16.7. The minimum absolute atomic E-state index is 0.538. The molecule has 140 valence electrons. The largest absolute Gasteiger partial charge is 0.369 e. The number of nitrogens with zero attached hydrogens (tertiary/aromatic N) is 8. The second-order valence-electron chi connectivity index (χ2n) is 7.60. The molecule has 0 unspecified atom stereocenters. The minimum atomic E-state index is 0.538. The molecule has 0 atom stereocenters. The molecule has 0 bridgehead atoms. The van der Waals surface area contributed by atoms with Gasteiger partial charge < -0.3 is 15.1 Å². The summed E-state index contributed by atoms with van der Waals surface area (Å²) < 4.78 is 1.92. The van der Waals surface area contributed by atoms with E-state index in [9.17, 15) is 0 Å². The zero-order chi connectivity index (χ0) is 18.4. The summed E-state index contributed by atoms with van der Waals surface area (Å²) in [6.07, 6.45) is 3.99. The first-order chi connectivity index (χ1) is 13.2. The number of fused-ring (bicyclic) bond motifs is 1. The number of rotatable bonds is 6. The summed E-state index contributed by atoms with van der Waals surface area (Å²) in [6, 6.07) is 6.02. The Bertz CT molecular complexity index is 956. The van der Waals surface area contributed by atoms with Crippen LogP contribution in [0.2, 0.25) is 0 Å². The van der Waals surface area contributed by atoms with E-state index in [1.807, 2.05) is 41.7 Å². The highest BCUT2D eigenvalue weighted by Gasteiger charge is 2.31. The van der Waals surface area contributed by atoms with Crippen molar-refractivity contribution in [3.63, 3.8) is 0 Å². The summed E-state index contributed by atoms with van der Waals surface area (Å²) >= 11 is 0. The van der Waals surface area contributed by atoms with Crippen LogP contribution in [0.5, 0.6) is 0 Å². The highest BCUT2D eigenvalue weighted by Crippen LogP contribution is 2.38. The summed E-state index contributed by atoms with van der Waals surface area (Å²) in [5.74, 6) is 4.88. The van der Waals surface area contributed by atoms with Gasteiger partial charge >= 0.3 is 0 Å². The van der Waals surface area contributed by atoms with E-state index in [0.29, 0.717) is 11.8 Å². The van der Waals surface area contributed by atoms with Gasteiger partial charge in [-0.25, -0.2) is 9.97 Å². The fraction of sp³-hybridized carbons (Fsp3) is 0.500. The quantitative estimate of drug-likeness (QED) is 0.701. The first-order valence-corrected chi connectivity index (χ1v) is 9.38. The normalized spacial score (nSPS) is 17.2. The highest BCUT2D eigenvalue weighted by molar-refractivity contribution is 5.49. The fourth-order valence-corrected chi connectivity index (χ4v) is 3.38. The van der Waals surface area contributed by atoms with Crippen LogP contribution >= 0.6 is 0 Å². The lowest BCUT2D eigenvalue weighted by Crippen LogP contribution is -2.50. The molecule has 0 amide bonds. The summed E-state index contributed by atoms with van der Waals surface area (Å²) in [7, 11) is 3.95. The van der Waals surface area contributed by atoms with E-state index < -0.39 is 0 Å². The molecular weight excluding hydrogens is 342 g/mol. The summed E-state index contributed by atoms with van der Waals surface area (Å²) in [5.41, 5.74) is 0.833. The van der Waals surface area contributed by atoms with E-state index in [1.54, 1.807) is 6.33 Å². The van der Waals surface area contributed by atoms with Crippen LogP contribution in [0.4, 0.5) is 17.5 Å². The monoisotopic (exact) mass is 365 g/mol. The van der Waals surface area contributed by atoms with E-state index >= 15 is 0 Å². The second kappa shape index (κ2) is 6.33. The Morgan fingerprint density at radius 1 is 1.15 bits per heavy atom. The van der Waals surface area contributed by atoms with Crippen LogP contribution in [-0.4, -0.2) is 63.5 Å². The van der Waals surface area contributed by atoms with Gasteiger partial charge in [-0.05, 0) is 25.0 Å². The molecule has 2 fully saturated rings. The predicted octanol–water partition coefficient (Wildman–Crippen LogP) is 1.41. The van der Waals surface area contributed by atoms with Crippen LogP contribution in [0.3, 0.4) is 0 Å². The minimum Gasteiger partial charge on any atom is -0.369 e. The third-order valence-corrected chi connectivity index (χ3v) is 5.18. The molecule has 2 aliphatic rings. The maximum absolute atomic E-state index is 4.77. The van der Waals surface area contributed by atoms with Crippen molar-refractivity contribution in [2.75, 3.05) is 48.8 Å². The standard InChI is InChI=1S/C18H23N9/c1-25(2)17-7-14(20-11-21-17)19-8-12-9-26(10-12)16-6-5-15-22-23-18(13-3-4-13)27(15)24-16/h5-7,11-13H,3-4,8-10H2,1-2H3,(H,19,20,21). The van der Waals surface area contributed by atoms with Crippen molar-refractivity contribution in [1.29, 1.82) is 0 Å². The molecule has 0 spiro atoms. The van der Waals surface area contributed by atoms with E-state index in [0.717, 1.165) is 48.6 Å². The Morgan fingerprint density at radius 2 is 2.00 bits per heavy atom. The Labute approximate surface area is 157 Å². The van der Waals surface area contributed by atoms with Crippen LogP contribution < -0.4 is 15.1 Å². The van der Waals surface area contributed by atoms with Crippen molar-refractivity contribution in [1.82, 2.24) is 29.8 Å². The number of aromatic nitrogens is 6. The molecule has 3 aromatic heterocycles. The summed E-state index contributed by atoms with van der Waals surface area (Å²) in [6.45, 7) is 2.86. The maximum atomic E-state index is 4.77. The van der Waals surface area contributed by atoms with Crippen molar-refractivity contribution in [2.45, 2.75) is 18.8 Å². The first kappa shape index (κ1) is 16.2. The van der Waals surface area contributed by atoms with Gasteiger partial charge in [0.2, 0.25) is 0 Å². The SMILES string of the molecule is CN(C)c1cc(NCC2CN(c3ccc4nnc(C5CC5)n4n3)C2)ncn1. The number of nitrogens with one attached hydrogen (secondary N) is 1. The predicted molar refractivity (Wildman–Crippen MR) is 103 cm³/mol. The van der Waals surface area contributed by atoms with Crippen molar-refractivity contribution in [2.24, 2.45) is 5.92 Å². The second-order valence-corrected chi connectivity index (χ2v) is 7.60. The number of hydrogen-bond acceptors (Lipinski definition) is 8. The Morgan fingerprint density at radius 3 is 2.78 bits per heavy atom. The van der Waals surface area contributed by atoms with Crippen LogP contribution in [-0.2, 0) is 0 Å². The highest BCUT2D eigenvalue weighted by atomic mass is 15.4. The first-order valence-electron chi connectivity index (χ1n) is 9.38. The molecule has 27 heavy (non-hydrogen) atoms. The van der Waals surface area contributed by atoms with Crippen molar-refractivity contribution in [3.05, 3.63) is 30.4 Å². The maximum Gasteiger partial charge on any atom is 0.178 e. The zero-order valence-corrected chi connectivity index (χ0v) is 15.6. The van der Waals surface area contributed by atoms with E-state index in [-0.39, 0.29) is 0 Å². The van der Waals surface area contributed by atoms with Crippen LogP contribution in [0.1, 0.15) is 24.6 Å². The smallest absolute Gasteiger partial charge is 0.178 e. The van der Waals surface area contributed by atoms with E-state index in [1.165, 1.54) is 12.8 Å². The van der Waals surface area contributed by atoms with Gasteiger partial charge in [-0.3, -0.25) is 0 Å². The van der Waals surface area contributed by atoms with E-state index in [4.69, 9.17) is 5.10 Å². The lowest BCUT2D eigenvalue weighted by Gasteiger charge is -2.40. The Balaban J connectivity index is 1.20. The van der Waals surface area contributed by atoms with Crippen LogP contribution in [0, 0.1) is 5.92 Å². The van der Waals surface area contributed by atoms with Gasteiger partial charge in [0.05, 0.1) is 0 Å². The van der Waals surface area contributed by atoms with E-state index in [2.05, 4.69) is 30.4 Å². The molecule has 1 N–H and O–H groups in total.